The zero-order valence-electron chi connectivity index (χ0n) is 19.0. The molecular weight excluding hydrogens is 414 g/mol. The quantitative estimate of drug-likeness (QED) is 0.342. The first-order valence-corrected chi connectivity index (χ1v) is 11.0. The molecule has 6 nitrogen and oxygen atoms in total. The number of benzene rings is 2. The van der Waals surface area contributed by atoms with Crippen LogP contribution < -0.4 is 10.1 Å². The first-order chi connectivity index (χ1) is 16.0. The molecule has 1 aliphatic rings. The van der Waals surface area contributed by atoms with E-state index in [0.717, 1.165) is 32.7 Å². The third kappa shape index (κ3) is 4.80. The molecule has 0 atom stereocenters. The van der Waals surface area contributed by atoms with Gasteiger partial charge in [0.2, 0.25) is 5.71 Å². The second-order valence-electron chi connectivity index (χ2n) is 8.22. The van der Waals surface area contributed by atoms with Gasteiger partial charge in [-0.15, -0.1) is 0 Å². The molecule has 1 amide bonds. The van der Waals surface area contributed by atoms with E-state index in [1.54, 1.807) is 6.20 Å². The summed E-state index contributed by atoms with van der Waals surface area (Å²) in [7, 11) is 1.42. The Hall–Kier alpha value is -3.93. The maximum Gasteiger partial charge on any atom is 0.258 e. The number of carbonyl (C=O) groups excluding carboxylic acids is 1. The molecule has 1 heterocycles. The molecule has 1 N–H and O–H groups in total. The van der Waals surface area contributed by atoms with Crippen LogP contribution in [0.5, 0.6) is 5.75 Å². The fraction of sp³-hybridized carbons (Fsp3) is 0.222. The summed E-state index contributed by atoms with van der Waals surface area (Å²) in [4.78, 5) is 17.6. The van der Waals surface area contributed by atoms with Gasteiger partial charge in [-0.05, 0) is 49.7 Å². The number of nitrogens with one attached hydrogen (secondary N) is 1. The van der Waals surface area contributed by atoms with Crippen molar-refractivity contribution in [3.63, 3.8) is 0 Å². The number of fused-ring (bicyclic) bond motifs is 1. The molecule has 0 spiro atoms. The molecular formula is C27H27N3O3. The van der Waals surface area contributed by atoms with Crippen LogP contribution in [0.25, 0.3) is 5.57 Å². The Morgan fingerprint density at radius 1 is 1.06 bits per heavy atom. The standard InChI is InChI=1S/C27H27N3O3/c1-18(2)29-27(31)25-24(19-9-5-4-6-10-19)23-17-21(12-13-22(23)26(25)30(3)32)33-16-14-20-11-7-8-15-28-20/h4-13,15,17-18H,14,16H2,1-3H3,(H,29,31)/b30-26+. The van der Waals surface area contributed by atoms with Gasteiger partial charge in [-0.25, -0.2) is 4.74 Å². The number of rotatable bonds is 7. The summed E-state index contributed by atoms with van der Waals surface area (Å²) in [5.41, 5.74) is 4.84. The number of carbonyl (C=O) groups is 1. The van der Waals surface area contributed by atoms with Crippen LogP contribution in [-0.4, -0.2) is 41.0 Å². The first-order valence-electron chi connectivity index (χ1n) is 11.0. The van der Waals surface area contributed by atoms with E-state index < -0.39 is 0 Å². The highest BCUT2D eigenvalue weighted by Crippen LogP contribution is 2.39. The molecule has 0 radical (unpaired) electrons. The Labute approximate surface area is 193 Å². The number of hydrogen-bond acceptors (Lipinski definition) is 4. The fourth-order valence-electron chi connectivity index (χ4n) is 4.02. The summed E-state index contributed by atoms with van der Waals surface area (Å²) in [6.07, 6.45) is 2.45. The summed E-state index contributed by atoms with van der Waals surface area (Å²) in [5.74, 6) is 0.409. The predicted molar refractivity (Wildman–Crippen MR) is 129 cm³/mol. The Kier molecular flexibility index (Phi) is 6.54. The molecule has 0 saturated carbocycles. The maximum atomic E-state index is 13.2. The van der Waals surface area contributed by atoms with Crippen molar-refractivity contribution >= 4 is 17.2 Å². The van der Waals surface area contributed by atoms with Crippen molar-refractivity contribution in [1.29, 1.82) is 0 Å². The summed E-state index contributed by atoms with van der Waals surface area (Å²) >= 11 is 0. The Balaban J connectivity index is 1.75. The third-order valence-electron chi connectivity index (χ3n) is 5.38. The molecule has 2 aromatic carbocycles. The first kappa shape index (κ1) is 22.3. The number of ether oxygens (including phenoxy) is 1. The van der Waals surface area contributed by atoms with E-state index in [9.17, 15) is 10.0 Å². The summed E-state index contributed by atoms with van der Waals surface area (Å²) in [5, 5.41) is 15.6. The second kappa shape index (κ2) is 9.69. The molecule has 0 saturated heterocycles. The van der Waals surface area contributed by atoms with Crippen LogP contribution in [0.2, 0.25) is 0 Å². The van der Waals surface area contributed by atoms with Crippen molar-refractivity contribution in [2.75, 3.05) is 13.7 Å². The SMILES string of the molecule is CC(C)NC(=O)C1=C(c2ccccc2)c2cc(OCCc3ccccn3)ccc2/C1=[N+](/C)[O-]. The second-order valence-corrected chi connectivity index (χ2v) is 8.22. The number of hydrogen-bond donors (Lipinski definition) is 1. The minimum atomic E-state index is -0.268. The van der Waals surface area contributed by atoms with Crippen LogP contribution in [0.3, 0.4) is 0 Å². The maximum absolute atomic E-state index is 13.2. The summed E-state index contributed by atoms with van der Waals surface area (Å²) < 4.78 is 6.78. The monoisotopic (exact) mass is 441 g/mol. The Morgan fingerprint density at radius 3 is 2.48 bits per heavy atom. The Morgan fingerprint density at radius 2 is 1.82 bits per heavy atom. The van der Waals surface area contributed by atoms with Gasteiger partial charge < -0.3 is 15.3 Å². The van der Waals surface area contributed by atoms with E-state index in [4.69, 9.17) is 4.74 Å². The molecule has 4 rings (SSSR count). The lowest BCUT2D eigenvalue weighted by Gasteiger charge is -2.12. The highest BCUT2D eigenvalue weighted by atomic mass is 16.5. The molecule has 0 unspecified atom stereocenters. The molecule has 0 bridgehead atoms. The molecule has 33 heavy (non-hydrogen) atoms. The van der Waals surface area contributed by atoms with Gasteiger partial charge in [0.05, 0.1) is 12.2 Å². The summed E-state index contributed by atoms with van der Waals surface area (Å²) in [6, 6.07) is 21.0. The van der Waals surface area contributed by atoms with Crippen LogP contribution in [-0.2, 0) is 11.2 Å². The molecule has 6 heteroatoms. The van der Waals surface area contributed by atoms with Gasteiger partial charge in [0.1, 0.15) is 18.4 Å². The van der Waals surface area contributed by atoms with E-state index >= 15 is 0 Å². The number of amides is 1. The Bertz CT molecular complexity index is 1210. The molecule has 0 aliphatic heterocycles. The van der Waals surface area contributed by atoms with Gasteiger partial charge in [-0.2, -0.15) is 0 Å². The van der Waals surface area contributed by atoms with Crippen LogP contribution in [0.1, 0.15) is 36.2 Å². The highest BCUT2D eigenvalue weighted by molar-refractivity contribution is 6.36. The van der Waals surface area contributed by atoms with E-state index in [1.807, 2.05) is 80.6 Å². The molecule has 1 aliphatic carbocycles. The average molecular weight is 442 g/mol. The number of aromatic nitrogens is 1. The zero-order chi connectivity index (χ0) is 23.4. The molecule has 0 fully saturated rings. The fourth-order valence-corrected chi connectivity index (χ4v) is 4.02. The van der Waals surface area contributed by atoms with E-state index in [-0.39, 0.29) is 11.9 Å². The van der Waals surface area contributed by atoms with E-state index in [0.29, 0.717) is 30.1 Å². The molecule has 1 aromatic heterocycles. The lowest BCUT2D eigenvalue weighted by atomic mass is 9.97. The number of nitrogens with zero attached hydrogens (tertiary/aromatic N) is 2. The van der Waals surface area contributed by atoms with Crippen molar-refractivity contribution in [3.8, 4) is 5.75 Å². The van der Waals surface area contributed by atoms with E-state index in [2.05, 4.69) is 10.3 Å². The zero-order valence-corrected chi connectivity index (χ0v) is 19.0. The van der Waals surface area contributed by atoms with Crippen molar-refractivity contribution < 1.29 is 14.3 Å². The molecule has 3 aromatic rings. The van der Waals surface area contributed by atoms with Crippen LogP contribution in [0.15, 0.2) is 78.5 Å². The number of pyridine rings is 1. The predicted octanol–water partition coefficient (Wildman–Crippen LogP) is 3.97. The van der Waals surface area contributed by atoms with Crippen LogP contribution in [0, 0.1) is 5.21 Å². The largest absolute Gasteiger partial charge is 0.624 e. The lowest BCUT2D eigenvalue weighted by Crippen LogP contribution is -2.34. The van der Waals surface area contributed by atoms with Crippen molar-refractivity contribution in [3.05, 3.63) is 106 Å². The normalized spacial score (nSPS) is 14.3. The van der Waals surface area contributed by atoms with Crippen molar-refractivity contribution in [1.82, 2.24) is 10.3 Å². The lowest BCUT2D eigenvalue weighted by molar-refractivity contribution is -0.421. The van der Waals surface area contributed by atoms with Crippen molar-refractivity contribution in [2.24, 2.45) is 0 Å². The topological polar surface area (TPSA) is 77.3 Å². The van der Waals surface area contributed by atoms with Crippen LogP contribution in [0.4, 0.5) is 0 Å². The third-order valence-corrected chi connectivity index (χ3v) is 5.38. The number of hydroxylamine groups is 1. The van der Waals surface area contributed by atoms with Gasteiger partial charge in [0.15, 0.2) is 0 Å². The van der Waals surface area contributed by atoms with Gasteiger partial charge in [0.25, 0.3) is 5.91 Å². The molecule has 168 valence electrons. The van der Waals surface area contributed by atoms with Gasteiger partial charge >= 0.3 is 0 Å². The highest BCUT2D eigenvalue weighted by Gasteiger charge is 2.38. The van der Waals surface area contributed by atoms with Crippen LogP contribution >= 0.6 is 0 Å². The van der Waals surface area contributed by atoms with Crippen molar-refractivity contribution in [2.45, 2.75) is 26.3 Å². The van der Waals surface area contributed by atoms with Gasteiger partial charge in [-0.1, -0.05) is 36.4 Å². The van der Waals surface area contributed by atoms with Gasteiger partial charge in [-0.3, -0.25) is 9.78 Å². The van der Waals surface area contributed by atoms with E-state index in [1.165, 1.54) is 7.05 Å². The average Bonchev–Trinajstić information content (AvgIpc) is 3.15. The minimum Gasteiger partial charge on any atom is -0.624 e. The smallest absolute Gasteiger partial charge is 0.258 e. The minimum absolute atomic E-state index is 0.0607. The summed E-state index contributed by atoms with van der Waals surface area (Å²) in [6.45, 7) is 4.27. The van der Waals surface area contributed by atoms with Gasteiger partial charge in [0, 0.05) is 35.5 Å².